The zero-order chi connectivity index (χ0) is 12.1. The third-order valence-electron chi connectivity index (χ3n) is 2.46. The fourth-order valence-electron chi connectivity index (χ4n) is 1.73. The molecule has 86 valence electrons. The van der Waals surface area contributed by atoms with Gasteiger partial charge in [-0.15, -0.1) is 0 Å². The third-order valence-corrected chi connectivity index (χ3v) is 2.46. The van der Waals surface area contributed by atoms with Crippen molar-refractivity contribution in [2.24, 2.45) is 0 Å². The molecule has 0 spiro atoms. The summed E-state index contributed by atoms with van der Waals surface area (Å²) in [6, 6.07) is 20.8. The molecule has 0 aliphatic heterocycles. The molecule has 0 saturated heterocycles. The number of rotatable bonds is 3. The third kappa shape index (κ3) is 2.97. The number of nitrogens with zero attached hydrogens (tertiary/aromatic N) is 1. The van der Waals surface area contributed by atoms with Gasteiger partial charge >= 0.3 is 0 Å². The van der Waals surface area contributed by atoms with Crippen molar-refractivity contribution in [2.45, 2.75) is 13.8 Å². The van der Waals surface area contributed by atoms with Gasteiger partial charge in [-0.05, 0) is 38.1 Å². The first-order chi connectivity index (χ1) is 8.27. The van der Waals surface area contributed by atoms with Crippen molar-refractivity contribution in [3.05, 3.63) is 72.4 Å². The van der Waals surface area contributed by atoms with E-state index in [-0.39, 0.29) is 0 Å². The second-order valence-electron chi connectivity index (χ2n) is 4.25. The highest BCUT2D eigenvalue weighted by atomic mass is 15.1. The van der Waals surface area contributed by atoms with Gasteiger partial charge in [-0.3, -0.25) is 0 Å². The van der Waals surface area contributed by atoms with Gasteiger partial charge in [0.05, 0.1) is 0 Å². The summed E-state index contributed by atoms with van der Waals surface area (Å²) in [6.45, 7) is 4.22. The zero-order valence-corrected chi connectivity index (χ0v) is 10.3. The highest BCUT2D eigenvalue weighted by molar-refractivity contribution is 5.65. The Morgan fingerprint density at radius 1 is 0.765 bits per heavy atom. The molecule has 0 unspecified atom stereocenters. The largest absolute Gasteiger partial charge is 0.317 e. The van der Waals surface area contributed by atoms with Crippen LogP contribution in [-0.4, -0.2) is 0 Å². The van der Waals surface area contributed by atoms with Crippen molar-refractivity contribution >= 4 is 11.4 Å². The Balaban J connectivity index is 2.43. The molecule has 1 heteroatoms. The van der Waals surface area contributed by atoms with Crippen LogP contribution in [-0.2, 0) is 0 Å². The number of allylic oxidation sites excluding steroid dienone is 1. The molecule has 1 nitrogen and oxygen atoms in total. The lowest BCUT2D eigenvalue weighted by Crippen LogP contribution is -2.08. The number of para-hydroxylation sites is 2. The molecular formula is C16H17N. The molecule has 0 heterocycles. The van der Waals surface area contributed by atoms with E-state index in [1.54, 1.807) is 0 Å². The summed E-state index contributed by atoms with van der Waals surface area (Å²) in [5.74, 6) is 0. The number of anilines is 2. The lowest BCUT2D eigenvalue weighted by molar-refractivity contribution is 1.22. The summed E-state index contributed by atoms with van der Waals surface area (Å²) in [5.41, 5.74) is 3.64. The number of benzene rings is 2. The Bertz CT molecular complexity index is 442. The molecule has 0 aliphatic rings. The lowest BCUT2D eigenvalue weighted by atomic mass is 10.2. The summed E-state index contributed by atoms with van der Waals surface area (Å²) >= 11 is 0. The Kier molecular flexibility index (Phi) is 3.61. The Hall–Kier alpha value is -2.02. The molecule has 0 radical (unpaired) electrons. The van der Waals surface area contributed by atoms with Gasteiger partial charge in [0.1, 0.15) is 0 Å². The molecule has 2 rings (SSSR count). The van der Waals surface area contributed by atoms with Gasteiger partial charge in [-0.1, -0.05) is 42.0 Å². The van der Waals surface area contributed by atoms with Crippen LogP contribution in [0.15, 0.2) is 72.4 Å². The maximum absolute atomic E-state index is 2.20. The molecule has 0 atom stereocenters. The molecule has 2 aromatic rings. The van der Waals surface area contributed by atoms with E-state index in [2.05, 4.69) is 73.5 Å². The van der Waals surface area contributed by atoms with Gasteiger partial charge in [0, 0.05) is 17.6 Å². The molecular weight excluding hydrogens is 206 g/mol. The van der Waals surface area contributed by atoms with Crippen LogP contribution < -0.4 is 4.90 Å². The first-order valence-corrected chi connectivity index (χ1v) is 5.82. The van der Waals surface area contributed by atoms with Crippen molar-refractivity contribution in [3.63, 3.8) is 0 Å². The molecule has 0 aliphatic carbocycles. The average Bonchev–Trinajstić information content (AvgIpc) is 2.38. The standard InChI is InChI=1S/C16H17N/c1-14(2)13-17(15-9-5-3-6-10-15)16-11-7-4-8-12-16/h3-13H,1-2H3. The van der Waals surface area contributed by atoms with E-state index in [0.717, 1.165) is 0 Å². The summed E-state index contributed by atoms with van der Waals surface area (Å²) in [4.78, 5) is 2.20. The molecule has 0 fully saturated rings. The second kappa shape index (κ2) is 5.35. The molecule has 0 bridgehead atoms. The van der Waals surface area contributed by atoms with Crippen LogP contribution >= 0.6 is 0 Å². The minimum atomic E-state index is 1.18. The topological polar surface area (TPSA) is 3.24 Å². The van der Waals surface area contributed by atoms with E-state index >= 15 is 0 Å². The summed E-state index contributed by atoms with van der Waals surface area (Å²) in [7, 11) is 0. The average molecular weight is 223 g/mol. The van der Waals surface area contributed by atoms with E-state index in [0.29, 0.717) is 0 Å². The smallest absolute Gasteiger partial charge is 0.0455 e. The Labute approximate surface area is 103 Å². The highest BCUT2D eigenvalue weighted by Crippen LogP contribution is 2.25. The maximum Gasteiger partial charge on any atom is 0.0455 e. The first kappa shape index (κ1) is 11.5. The molecule has 2 aromatic carbocycles. The van der Waals surface area contributed by atoms with Crippen molar-refractivity contribution < 1.29 is 0 Å². The highest BCUT2D eigenvalue weighted by Gasteiger charge is 2.04. The number of hydrogen-bond acceptors (Lipinski definition) is 1. The minimum Gasteiger partial charge on any atom is -0.317 e. The fourth-order valence-corrected chi connectivity index (χ4v) is 1.73. The molecule has 0 saturated carbocycles. The van der Waals surface area contributed by atoms with Crippen LogP contribution in [0.2, 0.25) is 0 Å². The van der Waals surface area contributed by atoms with Crippen molar-refractivity contribution in [1.29, 1.82) is 0 Å². The van der Waals surface area contributed by atoms with Gasteiger partial charge in [0.25, 0.3) is 0 Å². The van der Waals surface area contributed by atoms with Crippen molar-refractivity contribution in [2.75, 3.05) is 4.90 Å². The van der Waals surface area contributed by atoms with Gasteiger partial charge < -0.3 is 4.90 Å². The molecule has 17 heavy (non-hydrogen) atoms. The first-order valence-electron chi connectivity index (χ1n) is 5.82. The van der Waals surface area contributed by atoms with Crippen LogP contribution in [0.25, 0.3) is 0 Å². The molecule has 0 amide bonds. The Morgan fingerprint density at radius 2 is 1.18 bits per heavy atom. The number of hydrogen-bond donors (Lipinski definition) is 0. The lowest BCUT2D eigenvalue weighted by Gasteiger charge is -2.21. The van der Waals surface area contributed by atoms with Crippen LogP contribution in [0.1, 0.15) is 13.8 Å². The van der Waals surface area contributed by atoms with Crippen LogP contribution in [0.4, 0.5) is 11.4 Å². The molecule has 0 aromatic heterocycles. The van der Waals surface area contributed by atoms with Gasteiger partial charge in [0.15, 0.2) is 0 Å². The SMILES string of the molecule is CC(C)=CN(c1ccccc1)c1ccccc1. The Morgan fingerprint density at radius 3 is 1.53 bits per heavy atom. The van der Waals surface area contributed by atoms with Crippen molar-refractivity contribution in [1.82, 2.24) is 0 Å². The van der Waals surface area contributed by atoms with Gasteiger partial charge in [-0.2, -0.15) is 0 Å². The molecule has 0 N–H and O–H groups in total. The van der Waals surface area contributed by atoms with Gasteiger partial charge in [0.2, 0.25) is 0 Å². The summed E-state index contributed by atoms with van der Waals surface area (Å²) in [6.07, 6.45) is 2.16. The van der Waals surface area contributed by atoms with Crippen LogP contribution in [0.5, 0.6) is 0 Å². The van der Waals surface area contributed by atoms with E-state index < -0.39 is 0 Å². The predicted molar refractivity (Wildman–Crippen MR) is 74.5 cm³/mol. The predicted octanol–water partition coefficient (Wildman–Crippen LogP) is 4.75. The summed E-state index contributed by atoms with van der Waals surface area (Å²) < 4.78 is 0. The normalized spacial score (nSPS) is 9.76. The van der Waals surface area contributed by atoms with E-state index in [9.17, 15) is 0 Å². The monoisotopic (exact) mass is 223 g/mol. The van der Waals surface area contributed by atoms with E-state index in [1.807, 2.05) is 12.1 Å². The second-order valence-corrected chi connectivity index (χ2v) is 4.25. The van der Waals surface area contributed by atoms with Crippen LogP contribution in [0, 0.1) is 0 Å². The van der Waals surface area contributed by atoms with Gasteiger partial charge in [-0.25, -0.2) is 0 Å². The van der Waals surface area contributed by atoms with Crippen molar-refractivity contribution in [3.8, 4) is 0 Å². The zero-order valence-electron chi connectivity index (χ0n) is 10.3. The minimum absolute atomic E-state index is 1.18. The van der Waals surface area contributed by atoms with E-state index in [1.165, 1.54) is 16.9 Å². The quantitative estimate of drug-likeness (QED) is 0.726. The van der Waals surface area contributed by atoms with E-state index in [4.69, 9.17) is 0 Å². The summed E-state index contributed by atoms with van der Waals surface area (Å²) in [5, 5.41) is 0. The fraction of sp³-hybridized carbons (Fsp3) is 0.125. The van der Waals surface area contributed by atoms with Crippen LogP contribution in [0.3, 0.4) is 0 Å². The maximum atomic E-state index is 2.20.